The van der Waals surface area contributed by atoms with Crippen molar-refractivity contribution in [3.05, 3.63) is 0 Å². The minimum atomic E-state index is -0.936. The van der Waals surface area contributed by atoms with E-state index < -0.39 is 12.1 Å². The van der Waals surface area contributed by atoms with Crippen molar-refractivity contribution < 1.29 is 19.8 Å². The maximum Gasteiger partial charge on any atom is 0.305 e. The number of hydrogen-bond donors (Lipinski definition) is 4. The molecule has 0 aliphatic rings. The molecule has 0 saturated carbocycles. The third kappa shape index (κ3) is 9.17. The standard InChI is InChI=1S/C9H18N2O4/c10-6-7(12)2-1-3-8(13)11-5-4-9(14)15/h7,12H,1-6,10H2,(H,11,13)(H,14,15)/t7-/m1/s1. The zero-order valence-electron chi connectivity index (χ0n) is 8.61. The molecule has 0 heterocycles. The highest BCUT2D eigenvalue weighted by molar-refractivity contribution is 5.76. The molecule has 0 rings (SSSR count). The highest BCUT2D eigenvalue weighted by atomic mass is 16.4. The van der Waals surface area contributed by atoms with Crippen LogP contribution in [0.1, 0.15) is 25.7 Å². The van der Waals surface area contributed by atoms with Gasteiger partial charge in [-0.1, -0.05) is 0 Å². The second-order valence-electron chi connectivity index (χ2n) is 3.28. The average molecular weight is 218 g/mol. The summed E-state index contributed by atoms with van der Waals surface area (Å²) in [5.74, 6) is -1.13. The molecule has 0 aliphatic heterocycles. The summed E-state index contributed by atoms with van der Waals surface area (Å²) >= 11 is 0. The Morgan fingerprint density at radius 3 is 2.53 bits per heavy atom. The SMILES string of the molecule is NC[C@H](O)CCCC(=O)NCCC(=O)O. The fourth-order valence-corrected chi connectivity index (χ4v) is 1.01. The number of carboxylic acid groups (broad SMARTS) is 1. The van der Waals surface area contributed by atoms with Crippen LogP contribution in [-0.2, 0) is 9.59 Å². The molecule has 0 saturated heterocycles. The van der Waals surface area contributed by atoms with Crippen molar-refractivity contribution in [3.63, 3.8) is 0 Å². The van der Waals surface area contributed by atoms with Crippen molar-refractivity contribution in [2.45, 2.75) is 31.8 Å². The van der Waals surface area contributed by atoms with Crippen LogP contribution in [0.3, 0.4) is 0 Å². The van der Waals surface area contributed by atoms with Crippen LogP contribution < -0.4 is 11.1 Å². The number of aliphatic hydroxyl groups excluding tert-OH is 1. The lowest BCUT2D eigenvalue weighted by Gasteiger charge is -2.07. The first kappa shape index (κ1) is 13.9. The van der Waals surface area contributed by atoms with Gasteiger partial charge in [-0.05, 0) is 12.8 Å². The third-order valence-corrected chi connectivity index (χ3v) is 1.87. The first-order valence-electron chi connectivity index (χ1n) is 4.93. The van der Waals surface area contributed by atoms with Crippen molar-refractivity contribution in [1.29, 1.82) is 0 Å². The molecule has 15 heavy (non-hydrogen) atoms. The minimum Gasteiger partial charge on any atom is -0.481 e. The predicted molar refractivity (Wildman–Crippen MR) is 54.2 cm³/mol. The van der Waals surface area contributed by atoms with Crippen LogP contribution in [0.2, 0.25) is 0 Å². The number of nitrogens with two attached hydrogens (primary N) is 1. The van der Waals surface area contributed by atoms with Crippen molar-refractivity contribution >= 4 is 11.9 Å². The van der Waals surface area contributed by atoms with Crippen LogP contribution in [0, 0.1) is 0 Å². The number of rotatable bonds is 8. The van der Waals surface area contributed by atoms with Crippen molar-refractivity contribution in [2.24, 2.45) is 5.73 Å². The van der Waals surface area contributed by atoms with Crippen LogP contribution in [0.15, 0.2) is 0 Å². The second kappa shape index (κ2) is 8.19. The molecule has 0 unspecified atom stereocenters. The van der Waals surface area contributed by atoms with E-state index in [0.29, 0.717) is 12.8 Å². The summed E-state index contributed by atoms with van der Waals surface area (Å²) in [5, 5.41) is 19.9. The van der Waals surface area contributed by atoms with E-state index >= 15 is 0 Å². The van der Waals surface area contributed by atoms with Crippen molar-refractivity contribution in [3.8, 4) is 0 Å². The average Bonchev–Trinajstić information content (AvgIpc) is 2.17. The molecule has 0 aromatic heterocycles. The van der Waals surface area contributed by atoms with Gasteiger partial charge in [0.15, 0.2) is 0 Å². The molecule has 0 bridgehead atoms. The summed E-state index contributed by atoms with van der Waals surface area (Å²) in [4.78, 5) is 21.2. The highest BCUT2D eigenvalue weighted by Gasteiger charge is 2.05. The predicted octanol–water partition coefficient (Wildman–Crippen LogP) is -0.933. The van der Waals surface area contributed by atoms with Gasteiger partial charge in [-0.25, -0.2) is 0 Å². The van der Waals surface area contributed by atoms with Gasteiger partial charge in [-0.2, -0.15) is 0 Å². The monoisotopic (exact) mass is 218 g/mol. The maximum absolute atomic E-state index is 11.1. The Morgan fingerprint density at radius 2 is 2.00 bits per heavy atom. The van der Waals surface area contributed by atoms with Gasteiger partial charge in [0.1, 0.15) is 0 Å². The van der Waals surface area contributed by atoms with Gasteiger partial charge in [-0.15, -0.1) is 0 Å². The number of aliphatic hydroxyl groups is 1. The quantitative estimate of drug-likeness (QED) is 0.420. The summed E-state index contributed by atoms with van der Waals surface area (Å²) in [7, 11) is 0. The van der Waals surface area contributed by atoms with Gasteiger partial charge < -0.3 is 21.3 Å². The normalized spacial score (nSPS) is 12.1. The molecule has 0 fully saturated rings. The largest absolute Gasteiger partial charge is 0.481 e. The lowest BCUT2D eigenvalue weighted by Crippen LogP contribution is -2.26. The summed E-state index contributed by atoms with van der Waals surface area (Å²) in [6.45, 7) is 0.342. The van der Waals surface area contributed by atoms with Crippen molar-refractivity contribution in [2.75, 3.05) is 13.1 Å². The lowest BCUT2D eigenvalue weighted by atomic mass is 10.1. The molecule has 6 heteroatoms. The van der Waals surface area contributed by atoms with E-state index in [9.17, 15) is 9.59 Å². The van der Waals surface area contributed by atoms with Gasteiger partial charge in [0.05, 0.1) is 12.5 Å². The van der Waals surface area contributed by atoms with Gasteiger partial charge in [0, 0.05) is 19.5 Å². The fourth-order valence-electron chi connectivity index (χ4n) is 1.01. The molecule has 88 valence electrons. The Labute approximate surface area is 88.5 Å². The highest BCUT2D eigenvalue weighted by Crippen LogP contribution is 1.99. The molecular weight excluding hydrogens is 200 g/mol. The zero-order chi connectivity index (χ0) is 11.7. The van der Waals surface area contributed by atoms with E-state index in [1.807, 2.05) is 0 Å². The number of hydrogen-bond acceptors (Lipinski definition) is 4. The van der Waals surface area contributed by atoms with Crippen LogP contribution in [0.5, 0.6) is 0 Å². The second-order valence-corrected chi connectivity index (χ2v) is 3.28. The molecule has 0 aromatic carbocycles. The number of nitrogens with one attached hydrogen (secondary N) is 1. The van der Waals surface area contributed by atoms with E-state index in [4.69, 9.17) is 15.9 Å². The van der Waals surface area contributed by atoms with Gasteiger partial charge in [0.25, 0.3) is 0 Å². The van der Waals surface area contributed by atoms with E-state index in [-0.39, 0.29) is 31.8 Å². The van der Waals surface area contributed by atoms with Crippen LogP contribution in [0.25, 0.3) is 0 Å². The summed E-state index contributed by atoms with van der Waals surface area (Å²) in [5.41, 5.74) is 5.19. The Hall–Kier alpha value is -1.14. The van der Waals surface area contributed by atoms with E-state index in [1.54, 1.807) is 0 Å². The number of carbonyl (C=O) groups is 2. The molecule has 0 aliphatic carbocycles. The Bertz CT molecular complexity index is 208. The Balaban J connectivity index is 3.37. The number of amides is 1. The van der Waals surface area contributed by atoms with Gasteiger partial charge in [-0.3, -0.25) is 9.59 Å². The first-order chi connectivity index (χ1) is 7.06. The van der Waals surface area contributed by atoms with Crippen LogP contribution in [-0.4, -0.2) is 41.3 Å². The molecular formula is C9H18N2O4. The Kier molecular flexibility index (Phi) is 7.57. The maximum atomic E-state index is 11.1. The fraction of sp³-hybridized carbons (Fsp3) is 0.778. The topological polar surface area (TPSA) is 113 Å². The van der Waals surface area contributed by atoms with Crippen LogP contribution >= 0.6 is 0 Å². The summed E-state index contributed by atoms with van der Waals surface area (Å²) < 4.78 is 0. The summed E-state index contributed by atoms with van der Waals surface area (Å²) in [6, 6.07) is 0. The van der Waals surface area contributed by atoms with Crippen LogP contribution in [0.4, 0.5) is 0 Å². The molecule has 1 atom stereocenters. The molecule has 5 N–H and O–H groups in total. The third-order valence-electron chi connectivity index (χ3n) is 1.87. The minimum absolute atomic E-state index is 0.0723. The molecule has 6 nitrogen and oxygen atoms in total. The first-order valence-corrected chi connectivity index (χ1v) is 4.93. The number of carbonyl (C=O) groups excluding carboxylic acids is 1. The Morgan fingerprint density at radius 1 is 1.33 bits per heavy atom. The van der Waals surface area contributed by atoms with E-state index in [2.05, 4.69) is 5.32 Å². The number of aliphatic carboxylic acids is 1. The smallest absolute Gasteiger partial charge is 0.305 e. The van der Waals surface area contributed by atoms with E-state index in [0.717, 1.165) is 0 Å². The lowest BCUT2D eigenvalue weighted by molar-refractivity contribution is -0.136. The molecule has 0 spiro atoms. The van der Waals surface area contributed by atoms with Crippen molar-refractivity contribution in [1.82, 2.24) is 5.32 Å². The van der Waals surface area contributed by atoms with Gasteiger partial charge in [0.2, 0.25) is 5.91 Å². The molecule has 0 aromatic rings. The molecule has 0 radical (unpaired) electrons. The summed E-state index contributed by atoms with van der Waals surface area (Å²) in [6.07, 6.45) is 0.699. The zero-order valence-corrected chi connectivity index (χ0v) is 8.61. The van der Waals surface area contributed by atoms with Gasteiger partial charge >= 0.3 is 5.97 Å². The molecule has 1 amide bonds. The van der Waals surface area contributed by atoms with E-state index in [1.165, 1.54) is 0 Å². The number of carboxylic acids is 1.